The molecular formula is C78H54MoO12. The molecule has 0 bridgehead atoms. The van der Waals surface area contributed by atoms with Crippen LogP contribution in [0.25, 0.3) is 66.8 Å². The summed E-state index contributed by atoms with van der Waals surface area (Å²) in [7, 11) is 0. The van der Waals surface area contributed by atoms with Gasteiger partial charge < -0.3 is 59.4 Å². The molecule has 12 rings (SSSR count). The summed E-state index contributed by atoms with van der Waals surface area (Å²) in [6.45, 7) is 0. The Hall–Kier alpha value is -11.9. The molecular weight excluding hydrogens is 1220 g/mol. The van der Waals surface area contributed by atoms with Gasteiger partial charge in [-0.05, 0) is 66.8 Å². The zero-order valence-electron chi connectivity index (χ0n) is 48.5. The van der Waals surface area contributed by atoms with Crippen molar-refractivity contribution >= 4 is 35.8 Å². The molecule has 0 saturated carbocycles. The number of carbonyl (C=O) groups excluding carboxylic acids is 6. The van der Waals surface area contributed by atoms with Gasteiger partial charge in [0.15, 0.2) is 0 Å². The minimum atomic E-state index is -1.14. The fourth-order valence-electron chi connectivity index (χ4n) is 9.18. The third-order valence-electron chi connectivity index (χ3n) is 13.4. The van der Waals surface area contributed by atoms with Gasteiger partial charge in [0.05, 0.1) is 35.8 Å². The Labute approximate surface area is 540 Å². The van der Waals surface area contributed by atoms with Crippen molar-refractivity contribution < 1.29 is 80.5 Å². The molecule has 0 spiro atoms. The monoisotopic (exact) mass is 1280 g/mol. The first-order valence-corrected chi connectivity index (χ1v) is 27.9. The maximum Gasteiger partial charge on any atom is 6.00 e. The van der Waals surface area contributed by atoms with E-state index in [4.69, 9.17) is 0 Å². The van der Waals surface area contributed by atoms with Crippen LogP contribution in [0.3, 0.4) is 0 Å². The topological polar surface area (TPSA) is 241 Å². The largest absolute Gasteiger partial charge is 6.00 e. The Balaban J connectivity index is 0.000000173. The van der Waals surface area contributed by atoms with Gasteiger partial charge in [-0.15, -0.1) is 0 Å². The molecule has 0 aliphatic heterocycles. The fraction of sp³-hybridized carbons (Fsp3) is 0. The second kappa shape index (κ2) is 35.7. The number of hydrogen-bond donors (Lipinski definition) is 0. The van der Waals surface area contributed by atoms with E-state index in [0.717, 1.165) is 33.4 Å². The van der Waals surface area contributed by atoms with E-state index in [2.05, 4.69) is 0 Å². The maximum absolute atomic E-state index is 10.9. The van der Waals surface area contributed by atoms with Gasteiger partial charge in [-0.3, -0.25) is 0 Å². The molecule has 13 heteroatoms. The molecule has 444 valence electrons. The molecule has 0 unspecified atom stereocenters. The standard InChI is InChI=1S/6C13H10O2.Mo/c6*14-13(15)12-9-5-4-8-11(12)10-6-2-1-3-7-10;/h6*1-9H,(H,14,15);/q;;;;;;+6/p-6. The van der Waals surface area contributed by atoms with Crippen molar-refractivity contribution in [3.8, 4) is 66.8 Å². The molecule has 0 aromatic heterocycles. The van der Waals surface area contributed by atoms with Crippen LogP contribution < -0.4 is 30.6 Å². The van der Waals surface area contributed by atoms with Crippen LogP contribution in [-0.4, -0.2) is 35.8 Å². The van der Waals surface area contributed by atoms with Gasteiger partial charge in [0.25, 0.3) is 0 Å². The van der Waals surface area contributed by atoms with Crippen LogP contribution in [0.4, 0.5) is 0 Å². The van der Waals surface area contributed by atoms with E-state index < -0.39 is 35.8 Å². The van der Waals surface area contributed by atoms with Crippen molar-refractivity contribution in [2.24, 2.45) is 0 Å². The quantitative estimate of drug-likeness (QED) is 0.104. The van der Waals surface area contributed by atoms with Crippen LogP contribution in [0, 0.1) is 0 Å². The fourth-order valence-corrected chi connectivity index (χ4v) is 9.18. The number of carbonyl (C=O) groups is 6. The molecule has 0 aliphatic rings. The molecule has 0 atom stereocenters. The predicted octanol–water partition coefficient (Wildman–Crippen LogP) is 10.3. The first kappa shape index (κ1) is 68.3. The van der Waals surface area contributed by atoms with Crippen molar-refractivity contribution in [2.45, 2.75) is 0 Å². The minimum absolute atomic E-state index is 0. The smallest absolute Gasteiger partial charge is 0.545 e. The van der Waals surface area contributed by atoms with Crippen molar-refractivity contribution in [2.75, 3.05) is 0 Å². The minimum Gasteiger partial charge on any atom is -0.545 e. The Morgan fingerprint density at radius 2 is 0.253 bits per heavy atom. The summed E-state index contributed by atoms with van der Waals surface area (Å²) < 4.78 is 0. The molecule has 0 amide bonds. The average Bonchev–Trinajstić information content (AvgIpc) is 3.74. The van der Waals surface area contributed by atoms with Gasteiger partial charge in [-0.25, -0.2) is 0 Å². The van der Waals surface area contributed by atoms with Gasteiger partial charge in [0, 0.05) is 33.4 Å². The zero-order valence-corrected chi connectivity index (χ0v) is 50.5. The molecule has 0 heterocycles. The van der Waals surface area contributed by atoms with Crippen molar-refractivity contribution in [1.29, 1.82) is 0 Å². The van der Waals surface area contributed by atoms with E-state index >= 15 is 0 Å². The molecule has 12 aromatic carbocycles. The molecule has 0 aliphatic carbocycles. The van der Waals surface area contributed by atoms with E-state index in [1.165, 1.54) is 0 Å². The van der Waals surface area contributed by atoms with Crippen molar-refractivity contribution in [3.63, 3.8) is 0 Å². The van der Waals surface area contributed by atoms with Crippen LogP contribution in [0.2, 0.25) is 0 Å². The van der Waals surface area contributed by atoms with Gasteiger partial charge in [-0.1, -0.05) is 328 Å². The first-order valence-electron chi connectivity index (χ1n) is 27.9. The molecule has 91 heavy (non-hydrogen) atoms. The van der Waals surface area contributed by atoms with Gasteiger partial charge in [0.1, 0.15) is 0 Å². The third-order valence-corrected chi connectivity index (χ3v) is 13.4. The van der Waals surface area contributed by atoms with Gasteiger partial charge in [0.2, 0.25) is 0 Å². The SMILES string of the molecule is O=C([O-])c1ccccc1-c1ccccc1.O=C([O-])c1ccccc1-c1ccccc1.O=C([O-])c1ccccc1-c1ccccc1.O=C([O-])c1ccccc1-c1ccccc1.O=C([O-])c1ccccc1-c1ccccc1.O=C([O-])c1ccccc1-c1ccccc1.[Mo+6]. The summed E-state index contributed by atoms with van der Waals surface area (Å²) in [5.41, 5.74) is 10.8. The Bertz CT molecular complexity index is 3580. The van der Waals surface area contributed by atoms with Crippen molar-refractivity contribution in [1.82, 2.24) is 0 Å². The number of rotatable bonds is 12. The second-order valence-electron chi connectivity index (χ2n) is 19.2. The summed E-state index contributed by atoms with van der Waals surface area (Å²) in [5, 5.41) is 65.3. The number of aromatic carboxylic acids is 6. The van der Waals surface area contributed by atoms with Crippen LogP contribution >= 0.6 is 0 Å². The second-order valence-corrected chi connectivity index (χ2v) is 19.2. The number of carboxylic acid groups (broad SMARTS) is 6. The number of benzene rings is 12. The Kier molecular flexibility index (Phi) is 26.8. The number of hydrogen-bond acceptors (Lipinski definition) is 12. The molecule has 0 radical (unpaired) electrons. The van der Waals surface area contributed by atoms with Gasteiger partial charge in [-0.2, -0.15) is 0 Å². The molecule has 0 fully saturated rings. The summed E-state index contributed by atoms with van der Waals surface area (Å²) in [6.07, 6.45) is 0. The Morgan fingerprint density at radius 3 is 0.363 bits per heavy atom. The number of carboxylic acids is 6. The van der Waals surface area contributed by atoms with Crippen LogP contribution in [0.1, 0.15) is 62.1 Å². The van der Waals surface area contributed by atoms with E-state index in [1.54, 1.807) is 109 Å². The van der Waals surface area contributed by atoms with Crippen LogP contribution in [-0.2, 0) is 21.1 Å². The third kappa shape index (κ3) is 20.1. The van der Waals surface area contributed by atoms with Crippen LogP contribution in [0.5, 0.6) is 0 Å². The summed E-state index contributed by atoms with van der Waals surface area (Å²) >= 11 is 0. The van der Waals surface area contributed by atoms with E-state index in [1.807, 2.05) is 218 Å². The summed E-state index contributed by atoms with van der Waals surface area (Å²) in [5.74, 6) is -6.86. The molecule has 12 aromatic rings. The maximum atomic E-state index is 10.9. The summed E-state index contributed by atoms with van der Waals surface area (Å²) in [4.78, 5) is 65.3. The first-order chi connectivity index (χ1) is 43.7. The van der Waals surface area contributed by atoms with Gasteiger partial charge >= 0.3 is 21.1 Å². The summed E-state index contributed by atoms with van der Waals surface area (Å²) in [6, 6.07) is 97.4. The predicted molar refractivity (Wildman–Crippen MR) is 337 cm³/mol. The zero-order chi connectivity index (χ0) is 64.0. The Morgan fingerprint density at radius 1 is 0.154 bits per heavy atom. The van der Waals surface area contributed by atoms with Crippen LogP contribution in [0.15, 0.2) is 328 Å². The molecule has 12 nitrogen and oxygen atoms in total. The van der Waals surface area contributed by atoms with E-state index in [-0.39, 0.29) is 54.4 Å². The van der Waals surface area contributed by atoms with E-state index in [9.17, 15) is 59.4 Å². The average molecular weight is 1280 g/mol. The normalized spacial score (nSPS) is 9.76. The molecule has 0 N–H and O–H groups in total. The van der Waals surface area contributed by atoms with Crippen molar-refractivity contribution in [3.05, 3.63) is 361 Å². The molecule has 0 saturated heterocycles. The van der Waals surface area contributed by atoms with E-state index in [0.29, 0.717) is 33.4 Å².